The van der Waals surface area contributed by atoms with Gasteiger partial charge in [-0.3, -0.25) is 14.4 Å². The Hall–Kier alpha value is -2.58. The second kappa shape index (κ2) is 11.4. The maximum Gasteiger partial charge on any atom is 0.274 e. The molecule has 29 heavy (non-hydrogen) atoms. The lowest BCUT2D eigenvalue weighted by atomic mass is 10.2. The minimum absolute atomic E-state index is 0.325. The number of unbranched alkanes of at least 4 members (excludes halogenated alkanes) is 1. The molecule has 0 unspecified atom stereocenters. The van der Waals surface area contributed by atoms with Crippen LogP contribution in [-0.2, 0) is 9.63 Å². The van der Waals surface area contributed by atoms with Crippen molar-refractivity contribution in [2.45, 2.75) is 26.7 Å². The number of hydrogen-bond acceptors (Lipinski definition) is 5. The van der Waals surface area contributed by atoms with Crippen LogP contribution in [0.2, 0.25) is 0 Å². The predicted octanol–water partition coefficient (Wildman–Crippen LogP) is 4.25. The molecule has 0 spiro atoms. The highest BCUT2D eigenvalue weighted by Gasteiger charge is 2.12. The molecule has 0 saturated carbocycles. The third kappa shape index (κ3) is 7.07. The summed E-state index contributed by atoms with van der Waals surface area (Å²) in [6.45, 7) is 4.27. The van der Waals surface area contributed by atoms with Gasteiger partial charge in [-0.1, -0.05) is 19.4 Å². The lowest BCUT2D eigenvalue weighted by molar-refractivity contribution is -0.122. The number of carbonyl (C=O) groups is 2. The lowest BCUT2D eigenvalue weighted by Crippen LogP contribution is -2.29. The largest absolute Gasteiger partial charge is 0.493 e. The van der Waals surface area contributed by atoms with Gasteiger partial charge in [-0.25, -0.2) is 5.48 Å². The number of anilines is 1. The number of carbonyl (C=O) groups excluding carboxylic acids is 2. The van der Waals surface area contributed by atoms with Crippen molar-refractivity contribution in [2.24, 2.45) is 0 Å². The van der Waals surface area contributed by atoms with Crippen LogP contribution in [0.15, 0.2) is 40.9 Å². The van der Waals surface area contributed by atoms with Crippen molar-refractivity contribution < 1.29 is 23.9 Å². The molecule has 0 radical (unpaired) electrons. The standard InChI is InChI=1S/C21H25BrN2O5/c1-4-5-10-28-18-9-7-15(12-19(18)27-3)21(26)24-29-13-20(25)23-17-8-6-14(2)11-16(17)22/h6-9,11-12H,4-5,10,13H2,1-3H3,(H,23,25)(H,24,26). The molecule has 0 aromatic heterocycles. The summed E-state index contributed by atoms with van der Waals surface area (Å²) in [5.41, 5.74) is 4.27. The summed E-state index contributed by atoms with van der Waals surface area (Å²) in [6, 6.07) is 10.4. The smallest absolute Gasteiger partial charge is 0.274 e. The lowest BCUT2D eigenvalue weighted by Gasteiger charge is -2.12. The van der Waals surface area contributed by atoms with Gasteiger partial charge >= 0.3 is 0 Å². The summed E-state index contributed by atoms with van der Waals surface area (Å²) < 4.78 is 11.7. The van der Waals surface area contributed by atoms with Crippen LogP contribution in [-0.4, -0.2) is 32.1 Å². The van der Waals surface area contributed by atoms with E-state index in [1.165, 1.54) is 7.11 Å². The van der Waals surface area contributed by atoms with E-state index in [-0.39, 0.29) is 6.61 Å². The van der Waals surface area contributed by atoms with Crippen LogP contribution in [0.5, 0.6) is 11.5 Å². The van der Waals surface area contributed by atoms with Gasteiger partial charge in [0.05, 0.1) is 19.4 Å². The van der Waals surface area contributed by atoms with E-state index >= 15 is 0 Å². The fourth-order valence-electron chi connectivity index (χ4n) is 2.39. The summed E-state index contributed by atoms with van der Waals surface area (Å²) in [7, 11) is 1.51. The highest BCUT2D eigenvalue weighted by Crippen LogP contribution is 2.28. The summed E-state index contributed by atoms with van der Waals surface area (Å²) in [5, 5.41) is 2.70. The van der Waals surface area contributed by atoms with Gasteiger partial charge in [0, 0.05) is 10.0 Å². The zero-order chi connectivity index (χ0) is 21.2. The molecule has 0 fully saturated rings. The topological polar surface area (TPSA) is 85.9 Å². The van der Waals surface area contributed by atoms with E-state index in [1.807, 2.05) is 19.1 Å². The van der Waals surface area contributed by atoms with Gasteiger partial charge in [-0.15, -0.1) is 0 Å². The molecule has 0 saturated heterocycles. The average Bonchev–Trinajstić information content (AvgIpc) is 2.70. The molecular formula is C21H25BrN2O5. The molecule has 2 aromatic rings. The molecule has 2 N–H and O–H groups in total. The van der Waals surface area contributed by atoms with Crippen LogP contribution in [0.4, 0.5) is 5.69 Å². The molecule has 0 atom stereocenters. The van der Waals surface area contributed by atoms with E-state index in [0.29, 0.717) is 29.4 Å². The molecule has 0 aliphatic heterocycles. The van der Waals surface area contributed by atoms with E-state index in [4.69, 9.17) is 14.3 Å². The molecule has 2 rings (SSSR count). The maximum absolute atomic E-state index is 12.2. The zero-order valence-corrected chi connectivity index (χ0v) is 18.3. The van der Waals surface area contributed by atoms with Crippen LogP contribution < -0.4 is 20.3 Å². The molecular weight excluding hydrogens is 440 g/mol. The van der Waals surface area contributed by atoms with E-state index in [9.17, 15) is 9.59 Å². The molecule has 0 heterocycles. The van der Waals surface area contributed by atoms with Crippen molar-refractivity contribution in [3.63, 3.8) is 0 Å². The Morgan fingerprint density at radius 2 is 1.90 bits per heavy atom. The Bertz CT molecular complexity index is 857. The number of methoxy groups -OCH3 is 1. The van der Waals surface area contributed by atoms with Crippen LogP contribution in [0.1, 0.15) is 35.7 Å². The normalized spacial score (nSPS) is 10.3. The van der Waals surface area contributed by atoms with Crippen LogP contribution in [0.3, 0.4) is 0 Å². The summed E-state index contributed by atoms with van der Waals surface area (Å²) >= 11 is 3.39. The number of ether oxygens (including phenoxy) is 2. The fraction of sp³-hybridized carbons (Fsp3) is 0.333. The van der Waals surface area contributed by atoms with Crippen molar-refractivity contribution >= 4 is 33.4 Å². The van der Waals surface area contributed by atoms with Crippen molar-refractivity contribution in [2.75, 3.05) is 25.6 Å². The second-order valence-corrected chi connectivity index (χ2v) is 7.17. The second-order valence-electron chi connectivity index (χ2n) is 6.32. The molecule has 156 valence electrons. The van der Waals surface area contributed by atoms with E-state index < -0.39 is 11.8 Å². The first kappa shape index (κ1) is 22.7. The Morgan fingerprint density at radius 1 is 1.10 bits per heavy atom. The summed E-state index contributed by atoms with van der Waals surface area (Å²) in [6.07, 6.45) is 1.95. The van der Waals surface area contributed by atoms with Crippen molar-refractivity contribution in [3.8, 4) is 11.5 Å². The number of amides is 2. The Labute approximate surface area is 178 Å². The van der Waals surface area contributed by atoms with Crippen molar-refractivity contribution in [3.05, 3.63) is 52.0 Å². The van der Waals surface area contributed by atoms with E-state index in [0.717, 1.165) is 22.9 Å². The van der Waals surface area contributed by atoms with Crippen LogP contribution in [0.25, 0.3) is 0 Å². The number of aryl methyl sites for hydroxylation is 1. The molecule has 2 aromatic carbocycles. The van der Waals surface area contributed by atoms with Gasteiger partial charge in [-0.2, -0.15) is 0 Å². The van der Waals surface area contributed by atoms with Crippen molar-refractivity contribution in [1.82, 2.24) is 5.48 Å². The van der Waals surface area contributed by atoms with Gasteiger partial charge < -0.3 is 14.8 Å². The van der Waals surface area contributed by atoms with Crippen LogP contribution >= 0.6 is 15.9 Å². The number of hydroxylamine groups is 1. The number of halogens is 1. The molecule has 0 aliphatic carbocycles. The van der Waals surface area contributed by atoms with Gasteiger partial charge in [0.25, 0.3) is 11.8 Å². The van der Waals surface area contributed by atoms with E-state index in [1.54, 1.807) is 24.3 Å². The Kier molecular flexibility index (Phi) is 8.95. The predicted molar refractivity (Wildman–Crippen MR) is 114 cm³/mol. The number of rotatable bonds is 10. The first-order valence-corrected chi connectivity index (χ1v) is 10.0. The SMILES string of the molecule is CCCCOc1ccc(C(=O)NOCC(=O)Nc2ccc(C)cc2Br)cc1OC. The van der Waals surface area contributed by atoms with Crippen LogP contribution in [0, 0.1) is 6.92 Å². The minimum atomic E-state index is -0.493. The van der Waals surface area contributed by atoms with E-state index in [2.05, 4.69) is 33.7 Å². The maximum atomic E-state index is 12.2. The number of nitrogens with one attached hydrogen (secondary N) is 2. The Morgan fingerprint density at radius 3 is 2.59 bits per heavy atom. The van der Waals surface area contributed by atoms with Gasteiger partial charge in [0.2, 0.25) is 0 Å². The summed E-state index contributed by atoms with van der Waals surface area (Å²) in [4.78, 5) is 29.3. The quantitative estimate of drug-likeness (QED) is 0.405. The molecule has 7 nitrogen and oxygen atoms in total. The average molecular weight is 465 g/mol. The van der Waals surface area contributed by atoms with Crippen molar-refractivity contribution in [1.29, 1.82) is 0 Å². The first-order chi connectivity index (χ1) is 13.9. The first-order valence-electron chi connectivity index (χ1n) is 9.23. The molecule has 2 amide bonds. The van der Waals surface area contributed by atoms with Gasteiger partial charge in [0.1, 0.15) is 0 Å². The van der Waals surface area contributed by atoms with Gasteiger partial charge in [-0.05, 0) is 65.2 Å². The highest BCUT2D eigenvalue weighted by molar-refractivity contribution is 9.10. The Balaban J connectivity index is 1.86. The molecule has 8 heteroatoms. The molecule has 0 aliphatic rings. The van der Waals surface area contributed by atoms with Gasteiger partial charge in [0.15, 0.2) is 18.1 Å². The molecule has 0 bridgehead atoms. The third-order valence-electron chi connectivity index (χ3n) is 3.95. The highest BCUT2D eigenvalue weighted by atomic mass is 79.9. The monoisotopic (exact) mass is 464 g/mol. The fourth-order valence-corrected chi connectivity index (χ4v) is 2.98. The third-order valence-corrected chi connectivity index (χ3v) is 4.60. The summed E-state index contributed by atoms with van der Waals surface area (Å²) in [5.74, 6) is 0.136. The minimum Gasteiger partial charge on any atom is -0.493 e. The number of hydrogen-bond donors (Lipinski definition) is 2. The zero-order valence-electron chi connectivity index (χ0n) is 16.7. The number of benzene rings is 2.